The first kappa shape index (κ1) is 29.0. The normalized spacial score (nSPS) is 18.1. The minimum Gasteiger partial charge on any atom is -0.405 e. The van der Waals surface area contributed by atoms with Crippen molar-refractivity contribution in [2.75, 3.05) is 23.7 Å². The number of anilines is 2. The zero-order valence-electron chi connectivity index (χ0n) is 21.6. The van der Waals surface area contributed by atoms with Gasteiger partial charge in [0.15, 0.2) is 0 Å². The van der Waals surface area contributed by atoms with Crippen molar-refractivity contribution in [1.29, 1.82) is 0 Å². The second-order valence-corrected chi connectivity index (χ2v) is 9.63. The lowest BCUT2D eigenvalue weighted by atomic mass is 9.86. The highest BCUT2D eigenvalue weighted by Gasteiger charge is 2.32. The number of hydrogen-bond acceptors (Lipinski definition) is 9. The highest BCUT2D eigenvalue weighted by atomic mass is 19.4. The van der Waals surface area contributed by atoms with Crippen LogP contribution in [-0.2, 0) is 6.54 Å². The van der Waals surface area contributed by atoms with Crippen LogP contribution >= 0.6 is 0 Å². The SMILES string of the molecule is O=[N+]([O-])c1cnc(NCc2ccccc2OC(F)(F)F)nc1NC[C@H]1CC[C@H](NC[C@@H](O)c2ccccc2)CC1. The number of nitrogens with one attached hydrogen (secondary N) is 3. The van der Waals surface area contributed by atoms with E-state index in [1.807, 2.05) is 30.3 Å². The van der Waals surface area contributed by atoms with Gasteiger partial charge in [0.2, 0.25) is 11.8 Å². The van der Waals surface area contributed by atoms with E-state index >= 15 is 0 Å². The molecule has 0 unspecified atom stereocenters. The molecule has 0 spiro atoms. The fourth-order valence-corrected chi connectivity index (χ4v) is 4.66. The summed E-state index contributed by atoms with van der Waals surface area (Å²) in [5.74, 6) is -0.0229. The van der Waals surface area contributed by atoms with Gasteiger partial charge in [-0.05, 0) is 43.2 Å². The average Bonchev–Trinajstić information content (AvgIpc) is 2.94. The van der Waals surface area contributed by atoms with Crippen LogP contribution in [0.15, 0.2) is 60.8 Å². The van der Waals surface area contributed by atoms with Crippen LogP contribution in [0.25, 0.3) is 0 Å². The number of hydrogen-bond donors (Lipinski definition) is 4. The molecule has 1 aromatic heterocycles. The molecule has 0 aliphatic heterocycles. The van der Waals surface area contributed by atoms with Crippen LogP contribution in [-0.4, -0.2) is 45.5 Å². The summed E-state index contributed by atoms with van der Waals surface area (Å²) in [7, 11) is 0. The van der Waals surface area contributed by atoms with E-state index in [9.17, 15) is 28.4 Å². The number of halogens is 3. The number of alkyl halides is 3. The van der Waals surface area contributed by atoms with Crippen molar-refractivity contribution in [2.45, 2.75) is 50.7 Å². The monoisotopic (exact) mass is 560 g/mol. The maximum Gasteiger partial charge on any atom is 0.573 e. The van der Waals surface area contributed by atoms with Crippen molar-refractivity contribution in [3.05, 3.63) is 82.0 Å². The summed E-state index contributed by atoms with van der Waals surface area (Å²) in [6, 6.07) is 15.4. The predicted octanol–water partition coefficient (Wildman–Crippen LogP) is 5.19. The second-order valence-electron chi connectivity index (χ2n) is 9.63. The van der Waals surface area contributed by atoms with E-state index in [1.165, 1.54) is 18.2 Å². The maximum atomic E-state index is 12.7. The summed E-state index contributed by atoms with van der Waals surface area (Å²) in [6.45, 7) is 0.853. The number of aliphatic hydroxyl groups is 1. The third-order valence-electron chi connectivity index (χ3n) is 6.79. The van der Waals surface area contributed by atoms with Gasteiger partial charge < -0.3 is 25.8 Å². The van der Waals surface area contributed by atoms with Gasteiger partial charge in [0.05, 0.1) is 11.0 Å². The smallest absolute Gasteiger partial charge is 0.405 e. The molecular formula is C27H31F3N6O4. The maximum absolute atomic E-state index is 12.7. The van der Waals surface area contributed by atoms with Crippen LogP contribution in [0.1, 0.15) is 42.9 Å². The van der Waals surface area contributed by atoms with Crippen molar-refractivity contribution >= 4 is 17.5 Å². The van der Waals surface area contributed by atoms with E-state index in [2.05, 4.69) is 30.7 Å². The highest BCUT2D eigenvalue weighted by molar-refractivity contribution is 5.57. The van der Waals surface area contributed by atoms with Crippen LogP contribution in [0, 0.1) is 16.0 Å². The molecule has 1 saturated carbocycles. The largest absolute Gasteiger partial charge is 0.573 e. The van der Waals surface area contributed by atoms with Crippen molar-refractivity contribution in [2.24, 2.45) is 5.92 Å². The van der Waals surface area contributed by atoms with Crippen LogP contribution in [0.5, 0.6) is 5.75 Å². The van der Waals surface area contributed by atoms with Gasteiger partial charge in [0.1, 0.15) is 11.9 Å². The zero-order chi connectivity index (χ0) is 28.5. The lowest BCUT2D eigenvalue weighted by molar-refractivity contribution is -0.384. The van der Waals surface area contributed by atoms with Gasteiger partial charge in [0.25, 0.3) is 0 Å². The topological polar surface area (TPSA) is 134 Å². The molecule has 0 amide bonds. The molecule has 0 saturated heterocycles. The third kappa shape index (κ3) is 8.52. The third-order valence-corrected chi connectivity index (χ3v) is 6.79. The molecular weight excluding hydrogens is 529 g/mol. The quantitative estimate of drug-likeness (QED) is 0.174. The summed E-state index contributed by atoms with van der Waals surface area (Å²) in [4.78, 5) is 19.1. The summed E-state index contributed by atoms with van der Waals surface area (Å²) in [5.41, 5.74) is 0.793. The fraction of sp³-hybridized carbons (Fsp3) is 0.407. The first-order chi connectivity index (χ1) is 19.2. The van der Waals surface area contributed by atoms with E-state index in [1.54, 1.807) is 6.07 Å². The molecule has 1 aliphatic carbocycles. The Bertz CT molecular complexity index is 1260. The van der Waals surface area contributed by atoms with E-state index < -0.39 is 17.4 Å². The van der Waals surface area contributed by atoms with Gasteiger partial charge >= 0.3 is 12.0 Å². The molecule has 1 fully saturated rings. The van der Waals surface area contributed by atoms with Crippen LogP contribution in [0.2, 0.25) is 0 Å². The molecule has 4 N–H and O–H groups in total. The number of rotatable bonds is 12. The molecule has 1 heterocycles. The Morgan fingerprint density at radius 1 is 1.05 bits per heavy atom. The highest BCUT2D eigenvalue weighted by Crippen LogP contribution is 2.29. The molecule has 0 bridgehead atoms. The van der Waals surface area contributed by atoms with E-state index in [0.717, 1.165) is 37.4 Å². The Morgan fingerprint density at radius 3 is 2.45 bits per heavy atom. The Hall–Kier alpha value is -3.97. The zero-order valence-corrected chi connectivity index (χ0v) is 21.6. The molecule has 3 aromatic rings. The average molecular weight is 561 g/mol. The van der Waals surface area contributed by atoms with E-state index in [0.29, 0.717) is 13.1 Å². The molecule has 2 aromatic carbocycles. The Morgan fingerprint density at radius 2 is 1.75 bits per heavy atom. The molecule has 1 aliphatic rings. The Labute approximate surface area is 229 Å². The Kier molecular flexibility index (Phi) is 9.72. The number of nitrogens with zero attached hydrogens (tertiary/aromatic N) is 3. The first-order valence-corrected chi connectivity index (χ1v) is 13.0. The van der Waals surface area contributed by atoms with Gasteiger partial charge in [-0.3, -0.25) is 10.1 Å². The number of benzene rings is 2. The molecule has 40 heavy (non-hydrogen) atoms. The minimum absolute atomic E-state index is 0.0276. The summed E-state index contributed by atoms with van der Waals surface area (Å²) >= 11 is 0. The second kappa shape index (κ2) is 13.4. The predicted molar refractivity (Wildman–Crippen MR) is 143 cm³/mol. The lowest BCUT2D eigenvalue weighted by Crippen LogP contribution is -2.37. The van der Waals surface area contributed by atoms with Gasteiger partial charge in [-0.15, -0.1) is 13.2 Å². The molecule has 13 heteroatoms. The van der Waals surface area contributed by atoms with Crippen molar-refractivity contribution in [3.63, 3.8) is 0 Å². The number of para-hydroxylation sites is 1. The Balaban J connectivity index is 1.29. The minimum atomic E-state index is -4.84. The number of nitro groups is 1. The number of ether oxygens (including phenoxy) is 1. The van der Waals surface area contributed by atoms with Gasteiger partial charge in [-0.2, -0.15) is 4.98 Å². The first-order valence-electron chi connectivity index (χ1n) is 13.0. The van der Waals surface area contributed by atoms with Crippen LogP contribution < -0.4 is 20.7 Å². The summed E-state index contributed by atoms with van der Waals surface area (Å²) in [6.07, 6.45) is -0.743. The van der Waals surface area contributed by atoms with E-state index in [-0.39, 0.29) is 47.3 Å². The van der Waals surface area contributed by atoms with Crippen molar-refractivity contribution < 1.29 is 27.9 Å². The van der Waals surface area contributed by atoms with Gasteiger partial charge in [0, 0.05) is 31.2 Å². The van der Waals surface area contributed by atoms with E-state index in [4.69, 9.17) is 0 Å². The van der Waals surface area contributed by atoms with Crippen LogP contribution in [0.4, 0.5) is 30.6 Å². The van der Waals surface area contributed by atoms with Crippen molar-refractivity contribution in [1.82, 2.24) is 15.3 Å². The summed E-state index contributed by atoms with van der Waals surface area (Å²) < 4.78 is 42.2. The van der Waals surface area contributed by atoms with Crippen LogP contribution in [0.3, 0.4) is 0 Å². The number of aliphatic hydroxyl groups excluding tert-OH is 1. The molecule has 1 atom stereocenters. The molecule has 214 valence electrons. The standard InChI is InChI=1S/C27H31F3N6O4/c28-27(29,30)40-24-9-5-4-8-20(24)15-33-26-34-16-22(36(38)39)25(35-26)32-14-18-10-12-21(13-11-18)31-17-23(37)19-6-2-1-3-7-19/h1-9,16,18,21,23,31,37H,10-15,17H2,(H2,32,33,34,35)/t18-,21-,23-/m1/s1. The fourth-order valence-electron chi connectivity index (χ4n) is 4.66. The molecule has 4 rings (SSSR count). The number of aromatic nitrogens is 2. The molecule has 10 nitrogen and oxygen atoms in total. The molecule has 0 radical (unpaired) electrons. The summed E-state index contributed by atoms with van der Waals surface area (Å²) in [5, 5.41) is 31.2. The lowest BCUT2D eigenvalue weighted by Gasteiger charge is -2.30. The van der Waals surface area contributed by atoms with Crippen molar-refractivity contribution in [3.8, 4) is 5.75 Å². The van der Waals surface area contributed by atoms with Gasteiger partial charge in [-0.1, -0.05) is 48.5 Å². The van der Waals surface area contributed by atoms with Gasteiger partial charge in [-0.25, -0.2) is 4.98 Å².